The number of sulfonamides is 1. The first-order valence-electron chi connectivity index (χ1n) is 10.2. The lowest BCUT2D eigenvalue weighted by Gasteiger charge is -2.43. The number of nitriles is 1. The van der Waals surface area contributed by atoms with E-state index in [0.29, 0.717) is 24.0 Å². The molecular weight excluding hydrogens is 424 g/mol. The predicted molar refractivity (Wildman–Crippen MR) is 121 cm³/mol. The number of rotatable bonds is 3. The molecule has 4 rings (SSSR count). The molecule has 164 valence electrons. The number of carbonyl (C=O) groups is 1. The number of carbonyl (C=O) groups excluding carboxylic acids is 1. The van der Waals surface area contributed by atoms with Gasteiger partial charge in [0.1, 0.15) is 5.82 Å². The molecule has 0 amide bonds. The van der Waals surface area contributed by atoms with Gasteiger partial charge in [-0.3, -0.25) is 9.69 Å². The zero-order chi connectivity index (χ0) is 23.3. The quantitative estimate of drug-likeness (QED) is 0.741. The van der Waals surface area contributed by atoms with Crippen molar-refractivity contribution in [3.05, 3.63) is 82.8 Å². The highest BCUT2D eigenvalue weighted by Crippen LogP contribution is 2.50. The lowest BCUT2D eigenvalue weighted by atomic mass is 9.68. The van der Waals surface area contributed by atoms with E-state index in [1.807, 2.05) is 49.1 Å². The largest absolute Gasteiger partial charge is 0.384 e. The molecule has 0 fully saturated rings. The fourth-order valence-corrected chi connectivity index (χ4v) is 5.08. The number of ketones is 1. The van der Waals surface area contributed by atoms with Gasteiger partial charge < -0.3 is 5.73 Å². The summed E-state index contributed by atoms with van der Waals surface area (Å²) in [5, 5.41) is 15.3. The van der Waals surface area contributed by atoms with E-state index in [1.54, 1.807) is 12.1 Å². The first-order chi connectivity index (χ1) is 15.0. The maximum atomic E-state index is 13.4. The topological polar surface area (TPSA) is 130 Å². The van der Waals surface area contributed by atoms with E-state index in [-0.39, 0.29) is 27.5 Å². The number of Topliss-reactive ketones (excluding diaryl/α,β-unsaturated/α-hetero) is 1. The van der Waals surface area contributed by atoms with Crippen LogP contribution in [0.3, 0.4) is 0 Å². The van der Waals surface area contributed by atoms with Crippen molar-refractivity contribution in [2.75, 3.05) is 4.90 Å². The molecule has 32 heavy (non-hydrogen) atoms. The number of primary sulfonamides is 1. The van der Waals surface area contributed by atoms with E-state index in [1.165, 1.54) is 12.1 Å². The summed E-state index contributed by atoms with van der Waals surface area (Å²) >= 11 is 0. The Morgan fingerprint density at radius 2 is 1.69 bits per heavy atom. The third-order valence-corrected chi connectivity index (χ3v) is 6.87. The Morgan fingerprint density at radius 3 is 2.25 bits per heavy atom. The number of anilines is 1. The van der Waals surface area contributed by atoms with Gasteiger partial charge in [-0.05, 0) is 41.7 Å². The monoisotopic (exact) mass is 448 g/mol. The molecule has 2 aliphatic rings. The number of hydrogen-bond donors (Lipinski definition) is 2. The number of nitrogens with two attached hydrogens (primary N) is 2. The Hall–Kier alpha value is -3.41. The molecule has 1 atom stereocenters. The van der Waals surface area contributed by atoms with Crippen LogP contribution < -0.4 is 15.8 Å². The predicted octanol–water partition coefficient (Wildman–Crippen LogP) is 3.27. The number of allylic oxidation sites excluding steroid dienone is 3. The van der Waals surface area contributed by atoms with Crippen molar-refractivity contribution in [1.82, 2.24) is 0 Å². The normalized spacial score (nSPS) is 20.8. The molecule has 0 saturated carbocycles. The van der Waals surface area contributed by atoms with Crippen LogP contribution in [-0.2, 0) is 14.8 Å². The van der Waals surface area contributed by atoms with Crippen LogP contribution in [0.25, 0.3) is 0 Å². The van der Waals surface area contributed by atoms with Crippen molar-refractivity contribution in [3.8, 4) is 6.07 Å². The van der Waals surface area contributed by atoms with Gasteiger partial charge in [0, 0.05) is 23.4 Å². The highest BCUT2D eigenvalue weighted by molar-refractivity contribution is 7.89. The van der Waals surface area contributed by atoms with Crippen LogP contribution in [0.2, 0.25) is 0 Å². The maximum absolute atomic E-state index is 13.4. The van der Waals surface area contributed by atoms with E-state index in [0.717, 1.165) is 11.4 Å². The summed E-state index contributed by atoms with van der Waals surface area (Å²) in [6.07, 6.45) is 0.951. The van der Waals surface area contributed by atoms with Crippen LogP contribution in [0.15, 0.2) is 82.2 Å². The van der Waals surface area contributed by atoms with E-state index < -0.39 is 15.9 Å². The fraction of sp³-hybridized carbons (Fsp3) is 0.250. The van der Waals surface area contributed by atoms with Crippen LogP contribution in [0.1, 0.15) is 38.2 Å². The summed E-state index contributed by atoms with van der Waals surface area (Å²) in [6, 6.07) is 17.6. The molecule has 0 saturated heterocycles. The standard InChI is InChI=1S/C24H24N4O3S/c1-24(2)12-19-22(20(29)13-24)21(15-8-10-17(11-9-15)32(27,30)31)18(14-25)23(26)28(19)16-6-4-3-5-7-16/h3-11,21H,12-13,26H2,1-2H3,(H2,27,30,31). The van der Waals surface area contributed by atoms with E-state index in [4.69, 9.17) is 10.9 Å². The second-order valence-corrected chi connectivity index (χ2v) is 10.5. The molecule has 0 aromatic heterocycles. The summed E-state index contributed by atoms with van der Waals surface area (Å²) in [6.45, 7) is 4.07. The van der Waals surface area contributed by atoms with Crippen LogP contribution in [-0.4, -0.2) is 14.2 Å². The minimum atomic E-state index is -3.86. The van der Waals surface area contributed by atoms with Crippen LogP contribution >= 0.6 is 0 Å². The van der Waals surface area contributed by atoms with Gasteiger partial charge in [-0.15, -0.1) is 0 Å². The second kappa shape index (κ2) is 7.62. The number of benzene rings is 2. The third-order valence-electron chi connectivity index (χ3n) is 5.94. The Morgan fingerprint density at radius 1 is 1.06 bits per heavy atom. The minimum absolute atomic E-state index is 0.0382. The van der Waals surface area contributed by atoms with Crippen LogP contribution in [0.5, 0.6) is 0 Å². The summed E-state index contributed by atoms with van der Waals surface area (Å²) < 4.78 is 23.3. The zero-order valence-corrected chi connectivity index (χ0v) is 18.7. The first kappa shape index (κ1) is 21.8. The van der Waals surface area contributed by atoms with Gasteiger partial charge in [-0.1, -0.05) is 44.2 Å². The second-order valence-electron chi connectivity index (χ2n) is 8.93. The maximum Gasteiger partial charge on any atom is 0.238 e. The highest BCUT2D eigenvalue weighted by Gasteiger charge is 2.44. The van der Waals surface area contributed by atoms with Crippen molar-refractivity contribution in [3.63, 3.8) is 0 Å². The van der Waals surface area contributed by atoms with Gasteiger partial charge in [0.05, 0.1) is 22.5 Å². The highest BCUT2D eigenvalue weighted by atomic mass is 32.2. The van der Waals surface area contributed by atoms with E-state index in [9.17, 15) is 18.5 Å². The summed E-state index contributed by atoms with van der Waals surface area (Å²) in [4.78, 5) is 15.2. The molecule has 0 bridgehead atoms. The number of para-hydroxylation sites is 1. The molecule has 7 nitrogen and oxygen atoms in total. The first-order valence-corrected chi connectivity index (χ1v) is 11.7. The van der Waals surface area contributed by atoms with Gasteiger partial charge in [-0.25, -0.2) is 13.6 Å². The lowest BCUT2D eigenvalue weighted by molar-refractivity contribution is -0.118. The number of nitrogens with zero attached hydrogens (tertiary/aromatic N) is 2. The Labute approximate surface area is 187 Å². The fourth-order valence-electron chi connectivity index (χ4n) is 4.56. The molecular formula is C24H24N4O3S. The van der Waals surface area contributed by atoms with Crippen molar-refractivity contribution in [1.29, 1.82) is 5.26 Å². The average molecular weight is 449 g/mol. The van der Waals surface area contributed by atoms with Crippen molar-refractivity contribution in [2.45, 2.75) is 37.5 Å². The van der Waals surface area contributed by atoms with Crippen LogP contribution in [0, 0.1) is 16.7 Å². The molecule has 0 spiro atoms. The van der Waals surface area contributed by atoms with E-state index >= 15 is 0 Å². The van der Waals surface area contributed by atoms with Gasteiger partial charge in [0.25, 0.3) is 0 Å². The Bertz CT molecular complexity index is 1300. The SMILES string of the molecule is CC1(C)CC(=O)C2=C(C1)N(c1ccccc1)C(N)=C(C#N)C2c1ccc(S(N)(=O)=O)cc1. The number of hydrogen-bond acceptors (Lipinski definition) is 6. The van der Waals surface area contributed by atoms with Gasteiger partial charge in [0.2, 0.25) is 10.0 Å². The lowest BCUT2D eigenvalue weighted by Crippen LogP contribution is -2.42. The van der Waals surface area contributed by atoms with Crippen molar-refractivity contribution >= 4 is 21.5 Å². The van der Waals surface area contributed by atoms with Crippen molar-refractivity contribution < 1.29 is 13.2 Å². The zero-order valence-electron chi connectivity index (χ0n) is 17.9. The molecule has 1 heterocycles. The smallest absolute Gasteiger partial charge is 0.238 e. The van der Waals surface area contributed by atoms with E-state index in [2.05, 4.69) is 6.07 Å². The summed E-state index contributed by atoms with van der Waals surface area (Å²) in [7, 11) is -3.86. The van der Waals surface area contributed by atoms with Gasteiger partial charge in [-0.2, -0.15) is 5.26 Å². The molecule has 8 heteroatoms. The van der Waals surface area contributed by atoms with Gasteiger partial charge in [0.15, 0.2) is 5.78 Å². The van der Waals surface area contributed by atoms with Gasteiger partial charge >= 0.3 is 0 Å². The summed E-state index contributed by atoms with van der Waals surface area (Å²) in [5.41, 5.74) is 9.24. The molecule has 2 aromatic carbocycles. The third kappa shape index (κ3) is 3.70. The molecule has 2 aromatic rings. The van der Waals surface area contributed by atoms with Crippen LogP contribution in [0.4, 0.5) is 5.69 Å². The molecule has 0 radical (unpaired) electrons. The molecule has 4 N–H and O–H groups in total. The van der Waals surface area contributed by atoms with Crippen molar-refractivity contribution in [2.24, 2.45) is 16.3 Å². The Balaban J connectivity index is 1.96. The average Bonchev–Trinajstić information content (AvgIpc) is 2.72. The Kier molecular flexibility index (Phi) is 5.19. The molecule has 1 aliphatic carbocycles. The summed E-state index contributed by atoms with van der Waals surface area (Å²) in [5.74, 6) is -0.450. The minimum Gasteiger partial charge on any atom is -0.384 e. The molecule has 1 unspecified atom stereocenters. The molecule has 1 aliphatic heterocycles.